The van der Waals surface area contributed by atoms with Crippen LogP contribution in [0.15, 0.2) is 60.9 Å². The van der Waals surface area contributed by atoms with Crippen LogP contribution in [0.25, 0.3) is 16.7 Å². The number of amides is 1. The van der Waals surface area contributed by atoms with Gasteiger partial charge in [0.15, 0.2) is 5.69 Å². The molecule has 0 atom stereocenters. The molecule has 1 fully saturated rings. The number of carbonyl (C=O) groups is 1. The van der Waals surface area contributed by atoms with E-state index in [-0.39, 0.29) is 11.8 Å². The number of hydrogen-bond donors (Lipinski definition) is 1. The number of alkyl halides is 3. The van der Waals surface area contributed by atoms with Gasteiger partial charge in [0.05, 0.1) is 16.7 Å². The number of nitrogens with one attached hydrogen (secondary N) is 1. The van der Waals surface area contributed by atoms with Crippen LogP contribution in [-0.4, -0.2) is 25.7 Å². The van der Waals surface area contributed by atoms with Crippen molar-refractivity contribution in [3.8, 4) is 5.69 Å². The summed E-state index contributed by atoms with van der Waals surface area (Å²) >= 11 is 0. The molecule has 156 valence electrons. The Morgan fingerprint density at radius 3 is 2.35 bits per heavy atom. The molecule has 1 aliphatic rings. The summed E-state index contributed by atoms with van der Waals surface area (Å²) in [5.74, 6) is -0.226. The van der Waals surface area contributed by atoms with Gasteiger partial charge in [0, 0.05) is 35.3 Å². The molecular weight excluding hydrogens is 407 g/mol. The lowest BCUT2D eigenvalue weighted by Crippen LogP contribution is -2.12. The van der Waals surface area contributed by atoms with Crippen LogP contribution in [0, 0.1) is 0 Å². The molecule has 2 aromatic heterocycles. The molecule has 2 heterocycles. The Bertz CT molecular complexity index is 1280. The van der Waals surface area contributed by atoms with E-state index in [2.05, 4.69) is 20.4 Å². The van der Waals surface area contributed by atoms with Crippen molar-refractivity contribution in [3.63, 3.8) is 0 Å². The molecule has 4 aromatic rings. The van der Waals surface area contributed by atoms with Crippen molar-refractivity contribution in [2.45, 2.75) is 24.9 Å². The lowest BCUT2D eigenvalue weighted by molar-refractivity contribution is -0.141. The van der Waals surface area contributed by atoms with Gasteiger partial charge in [-0.2, -0.15) is 18.3 Å². The maximum atomic E-state index is 13.1. The molecule has 9 heteroatoms. The molecule has 1 N–H and O–H groups in total. The number of aromatic nitrogens is 4. The molecule has 6 nitrogen and oxygen atoms in total. The summed E-state index contributed by atoms with van der Waals surface area (Å²) in [6, 6.07) is 12.7. The number of anilines is 1. The second-order valence-electron chi connectivity index (χ2n) is 7.40. The van der Waals surface area contributed by atoms with Crippen molar-refractivity contribution < 1.29 is 18.0 Å². The van der Waals surface area contributed by atoms with Crippen molar-refractivity contribution in [2.75, 3.05) is 5.32 Å². The molecule has 1 saturated carbocycles. The fraction of sp³-hybridized carbons (Fsp3) is 0.182. The van der Waals surface area contributed by atoms with Crippen molar-refractivity contribution in [3.05, 3.63) is 77.9 Å². The summed E-state index contributed by atoms with van der Waals surface area (Å²) in [7, 11) is 0. The van der Waals surface area contributed by atoms with Crippen LogP contribution < -0.4 is 5.32 Å². The van der Waals surface area contributed by atoms with Crippen LogP contribution in [0.3, 0.4) is 0 Å². The Morgan fingerprint density at radius 2 is 1.68 bits per heavy atom. The van der Waals surface area contributed by atoms with E-state index in [0.717, 1.165) is 18.9 Å². The fourth-order valence-electron chi connectivity index (χ4n) is 3.40. The average Bonchev–Trinajstić information content (AvgIpc) is 3.50. The van der Waals surface area contributed by atoms with Gasteiger partial charge >= 0.3 is 6.18 Å². The second-order valence-corrected chi connectivity index (χ2v) is 7.40. The predicted molar refractivity (Wildman–Crippen MR) is 108 cm³/mol. The zero-order valence-electron chi connectivity index (χ0n) is 16.1. The van der Waals surface area contributed by atoms with Gasteiger partial charge in [-0.1, -0.05) is 0 Å². The standard InChI is InChI=1S/C22H16F3N5O/c23-22(24,25)20-12-19(13-1-2-13)30(29-20)16-6-4-15(5-7-16)28-21(31)14-3-8-17-18(11-14)27-10-9-26-17/h3-13H,1-2H2,(H,28,31). The SMILES string of the molecule is O=C(Nc1ccc(-n2nc(C(F)(F)F)cc2C2CC2)cc1)c1ccc2nccnc2c1. The number of nitrogens with zero attached hydrogens (tertiary/aromatic N) is 4. The van der Waals surface area contributed by atoms with E-state index in [0.29, 0.717) is 33.7 Å². The Morgan fingerprint density at radius 1 is 0.968 bits per heavy atom. The number of hydrogen-bond acceptors (Lipinski definition) is 4. The largest absolute Gasteiger partial charge is 0.435 e. The molecule has 0 radical (unpaired) electrons. The Hall–Kier alpha value is -3.75. The van der Waals surface area contributed by atoms with Crippen molar-refractivity contribution in [1.82, 2.24) is 19.7 Å². The minimum Gasteiger partial charge on any atom is -0.322 e. The topological polar surface area (TPSA) is 72.7 Å². The highest BCUT2D eigenvalue weighted by Gasteiger charge is 2.38. The Kier molecular flexibility index (Phi) is 4.46. The van der Waals surface area contributed by atoms with E-state index in [4.69, 9.17) is 0 Å². The molecule has 31 heavy (non-hydrogen) atoms. The van der Waals surface area contributed by atoms with Crippen LogP contribution in [-0.2, 0) is 6.18 Å². The summed E-state index contributed by atoms with van der Waals surface area (Å²) in [5.41, 5.74) is 2.41. The van der Waals surface area contributed by atoms with E-state index in [1.165, 1.54) is 4.68 Å². The molecular formula is C22H16F3N5O. The van der Waals surface area contributed by atoms with E-state index in [1.54, 1.807) is 54.9 Å². The molecule has 0 unspecified atom stereocenters. The van der Waals surface area contributed by atoms with E-state index in [9.17, 15) is 18.0 Å². The van der Waals surface area contributed by atoms with Gasteiger partial charge < -0.3 is 5.32 Å². The summed E-state index contributed by atoms with van der Waals surface area (Å²) in [6.45, 7) is 0. The first kappa shape index (κ1) is 19.2. The fourth-order valence-corrected chi connectivity index (χ4v) is 3.40. The van der Waals surface area contributed by atoms with Crippen molar-refractivity contribution in [1.29, 1.82) is 0 Å². The van der Waals surface area contributed by atoms with E-state index >= 15 is 0 Å². The summed E-state index contributed by atoms with van der Waals surface area (Å²) < 4.78 is 40.7. The van der Waals surface area contributed by atoms with Crippen molar-refractivity contribution >= 4 is 22.6 Å². The lowest BCUT2D eigenvalue weighted by Gasteiger charge is -2.09. The van der Waals surface area contributed by atoms with E-state index in [1.807, 2.05) is 0 Å². The van der Waals surface area contributed by atoms with Gasteiger partial charge in [-0.3, -0.25) is 14.8 Å². The highest BCUT2D eigenvalue weighted by molar-refractivity contribution is 6.05. The lowest BCUT2D eigenvalue weighted by atomic mass is 10.1. The maximum Gasteiger partial charge on any atom is 0.435 e. The first-order valence-electron chi connectivity index (χ1n) is 9.68. The van der Waals surface area contributed by atoms with Crippen LogP contribution in [0.2, 0.25) is 0 Å². The number of fused-ring (bicyclic) bond motifs is 1. The van der Waals surface area contributed by atoms with Gasteiger partial charge in [0.25, 0.3) is 5.91 Å². The van der Waals surface area contributed by atoms with Crippen LogP contribution >= 0.6 is 0 Å². The molecule has 2 aromatic carbocycles. The quantitative estimate of drug-likeness (QED) is 0.503. The third-order valence-electron chi connectivity index (χ3n) is 5.12. The molecule has 0 spiro atoms. The smallest absolute Gasteiger partial charge is 0.322 e. The first-order chi connectivity index (χ1) is 14.9. The van der Waals surface area contributed by atoms with Crippen LogP contribution in [0.4, 0.5) is 18.9 Å². The summed E-state index contributed by atoms with van der Waals surface area (Å²) in [6.07, 6.45) is 0.348. The number of rotatable bonds is 4. The summed E-state index contributed by atoms with van der Waals surface area (Å²) in [4.78, 5) is 20.9. The van der Waals surface area contributed by atoms with Gasteiger partial charge in [0.2, 0.25) is 0 Å². The normalized spacial score (nSPS) is 14.0. The number of halogens is 3. The highest BCUT2D eigenvalue weighted by Crippen LogP contribution is 2.43. The third kappa shape index (κ3) is 3.86. The Balaban J connectivity index is 1.38. The minimum absolute atomic E-state index is 0.0963. The summed E-state index contributed by atoms with van der Waals surface area (Å²) in [5, 5.41) is 6.56. The van der Waals surface area contributed by atoms with Crippen LogP contribution in [0.5, 0.6) is 0 Å². The zero-order chi connectivity index (χ0) is 21.6. The number of benzene rings is 2. The second kappa shape index (κ2) is 7.19. The van der Waals surface area contributed by atoms with Gasteiger partial charge in [0.1, 0.15) is 0 Å². The minimum atomic E-state index is -4.49. The average molecular weight is 423 g/mol. The molecule has 0 saturated heterocycles. The van der Waals surface area contributed by atoms with Gasteiger partial charge in [-0.05, 0) is 61.4 Å². The molecule has 1 aliphatic carbocycles. The van der Waals surface area contributed by atoms with Gasteiger partial charge in [-0.15, -0.1) is 0 Å². The zero-order valence-corrected chi connectivity index (χ0v) is 16.1. The maximum absolute atomic E-state index is 13.1. The molecule has 0 bridgehead atoms. The number of carbonyl (C=O) groups excluding carboxylic acids is 1. The van der Waals surface area contributed by atoms with E-state index < -0.39 is 11.9 Å². The molecule has 5 rings (SSSR count). The first-order valence-corrected chi connectivity index (χ1v) is 9.68. The van der Waals surface area contributed by atoms with Crippen molar-refractivity contribution in [2.24, 2.45) is 0 Å². The monoisotopic (exact) mass is 423 g/mol. The molecule has 0 aliphatic heterocycles. The predicted octanol–water partition coefficient (Wildman–Crippen LogP) is 4.96. The van der Waals surface area contributed by atoms with Crippen LogP contribution in [0.1, 0.15) is 40.5 Å². The highest BCUT2D eigenvalue weighted by atomic mass is 19.4. The van der Waals surface area contributed by atoms with Gasteiger partial charge in [-0.25, -0.2) is 4.68 Å². The Labute approximate surface area is 174 Å². The third-order valence-corrected chi connectivity index (χ3v) is 5.12. The molecule has 1 amide bonds.